The number of carbonyl (C=O) groups is 1. The Labute approximate surface area is 125 Å². The fourth-order valence-electron chi connectivity index (χ4n) is 1.95. The summed E-state index contributed by atoms with van der Waals surface area (Å²) in [7, 11) is -3.96. The summed E-state index contributed by atoms with van der Waals surface area (Å²) in [5.74, 6) is -1.41. The van der Waals surface area contributed by atoms with Crippen LogP contribution in [0.1, 0.15) is 17.3 Å². The maximum Gasteiger partial charge on any atom is 0.338 e. The molecule has 0 unspecified atom stereocenters. The summed E-state index contributed by atoms with van der Waals surface area (Å²) in [5.41, 5.74) is -1.54. The van der Waals surface area contributed by atoms with Crippen molar-refractivity contribution in [2.75, 3.05) is 13.1 Å². The van der Waals surface area contributed by atoms with Gasteiger partial charge in [0.05, 0.1) is 21.2 Å². The fraction of sp³-hybridized carbons (Fsp3) is 0.364. The molecule has 0 amide bonds. The number of aromatic carboxylic acids is 1. The summed E-state index contributed by atoms with van der Waals surface area (Å²) >= 11 is 11.6. The minimum Gasteiger partial charge on any atom is -0.478 e. The van der Waals surface area contributed by atoms with Crippen molar-refractivity contribution in [1.29, 1.82) is 0 Å². The number of benzene rings is 1. The number of nitrogens with zero attached hydrogens (tertiary/aromatic N) is 1. The molecule has 0 aromatic heterocycles. The number of carboxylic acids is 1. The second-order valence-corrected chi connectivity index (χ2v) is 7.50. The van der Waals surface area contributed by atoms with Crippen LogP contribution < -0.4 is 0 Å². The van der Waals surface area contributed by atoms with Gasteiger partial charge in [-0.25, -0.2) is 13.2 Å². The van der Waals surface area contributed by atoms with Crippen LogP contribution in [0.4, 0.5) is 0 Å². The van der Waals surface area contributed by atoms with Crippen molar-refractivity contribution >= 4 is 39.2 Å². The topological polar surface area (TPSA) is 94.9 Å². The first-order valence-corrected chi connectivity index (χ1v) is 7.70. The van der Waals surface area contributed by atoms with Gasteiger partial charge in [0.15, 0.2) is 0 Å². The highest BCUT2D eigenvalue weighted by atomic mass is 35.5. The normalized spacial score (nSPS) is 18.6. The molecule has 0 bridgehead atoms. The van der Waals surface area contributed by atoms with Crippen LogP contribution in [0.5, 0.6) is 0 Å². The molecule has 20 heavy (non-hydrogen) atoms. The Balaban J connectivity index is 2.49. The van der Waals surface area contributed by atoms with E-state index < -0.39 is 32.2 Å². The van der Waals surface area contributed by atoms with E-state index in [4.69, 9.17) is 28.3 Å². The van der Waals surface area contributed by atoms with Gasteiger partial charge in [-0.2, -0.15) is 4.31 Å². The van der Waals surface area contributed by atoms with Gasteiger partial charge < -0.3 is 10.2 Å². The first-order chi connectivity index (χ1) is 9.06. The molecule has 1 saturated heterocycles. The van der Waals surface area contributed by atoms with Gasteiger partial charge in [-0.1, -0.05) is 23.2 Å². The number of sulfonamides is 1. The smallest absolute Gasteiger partial charge is 0.338 e. The zero-order valence-electron chi connectivity index (χ0n) is 10.3. The standard InChI is InChI=1S/C11H11Cl2NO5S/c1-11(17)4-14(5-11)20(18,19)7-3-2-6(12)8(9(7)13)10(15)16/h2-3,17H,4-5H2,1H3,(H,15,16). The van der Waals surface area contributed by atoms with Gasteiger partial charge in [-0.05, 0) is 19.1 Å². The summed E-state index contributed by atoms with van der Waals surface area (Å²) < 4.78 is 25.6. The lowest BCUT2D eigenvalue weighted by Crippen LogP contribution is -2.61. The molecule has 2 rings (SSSR count). The van der Waals surface area contributed by atoms with E-state index in [0.717, 1.165) is 10.4 Å². The molecule has 0 spiro atoms. The molecular formula is C11H11Cl2NO5S. The maximum absolute atomic E-state index is 12.3. The third-order valence-electron chi connectivity index (χ3n) is 2.92. The van der Waals surface area contributed by atoms with Crippen LogP contribution in [0.3, 0.4) is 0 Å². The molecule has 0 saturated carbocycles. The summed E-state index contributed by atoms with van der Waals surface area (Å²) in [5, 5.41) is 18.0. The molecule has 1 fully saturated rings. The summed E-state index contributed by atoms with van der Waals surface area (Å²) in [6, 6.07) is 2.32. The lowest BCUT2D eigenvalue weighted by atomic mass is 10.0. The Bertz CT molecular complexity index is 678. The predicted octanol–water partition coefficient (Wildman–Crippen LogP) is 1.45. The number of halogens is 2. The van der Waals surface area contributed by atoms with Crippen molar-refractivity contribution in [3.63, 3.8) is 0 Å². The van der Waals surface area contributed by atoms with E-state index in [2.05, 4.69) is 0 Å². The third kappa shape index (κ3) is 2.51. The second-order valence-electron chi connectivity index (χ2n) is 4.81. The fourth-order valence-corrected chi connectivity index (χ4v) is 4.52. The van der Waals surface area contributed by atoms with Crippen molar-refractivity contribution in [2.45, 2.75) is 17.4 Å². The van der Waals surface area contributed by atoms with Gasteiger partial charge in [-0.15, -0.1) is 0 Å². The molecule has 1 aliphatic heterocycles. The molecule has 0 radical (unpaired) electrons. The average Bonchev–Trinajstić information content (AvgIpc) is 2.24. The molecule has 1 aromatic carbocycles. The van der Waals surface area contributed by atoms with Gasteiger partial charge in [0, 0.05) is 13.1 Å². The maximum atomic E-state index is 12.3. The van der Waals surface area contributed by atoms with E-state index in [1.165, 1.54) is 13.0 Å². The number of carboxylic acid groups (broad SMARTS) is 1. The Morgan fingerprint density at radius 1 is 1.35 bits per heavy atom. The molecule has 0 aliphatic carbocycles. The van der Waals surface area contributed by atoms with Crippen molar-refractivity contribution in [3.8, 4) is 0 Å². The number of rotatable bonds is 3. The van der Waals surface area contributed by atoms with E-state index in [0.29, 0.717) is 0 Å². The van der Waals surface area contributed by atoms with E-state index >= 15 is 0 Å². The minimum absolute atomic E-state index is 0.0727. The highest BCUT2D eigenvalue weighted by Gasteiger charge is 2.44. The molecule has 6 nitrogen and oxygen atoms in total. The van der Waals surface area contributed by atoms with Gasteiger partial charge >= 0.3 is 5.97 Å². The van der Waals surface area contributed by atoms with Crippen LogP contribution >= 0.6 is 23.2 Å². The van der Waals surface area contributed by atoms with Crippen LogP contribution in [0, 0.1) is 0 Å². The third-order valence-corrected chi connectivity index (χ3v) is 5.57. The molecule has 0 atom stereocenters. The van der Waals surface area contributed by atoms with E-state index in [1.54, 1.807) is 0 Å². The van der Waals surface area contributed by atoms with Crippen molar-refractivity contribution in [1.82, 2.24) is 4.31 Å². The van der Waals surface area contributed by atoms with Crippen LogP contribution in [0.15, 0.2) is 17.0 Å². The average molecular weight is 340 g/mol. The van der Waals surface area contributed by atoms with E-state index in [9.17, 15) is 18.3 Å². The van der Waals surface area contributed by atoms with Gasteiger partial charge in [0.25, 0.3) is 0 Å². The number of hydrogen-bond acceptors (Lipinski definition) is 4. The van der Waals surface area contributed by atoms with Crippen molar-refractivity contribution < 1.29 is 23.4 Å². The molecule has 1 aromatic rings. The van der Waals surface area contributed by atoms with E-state index in [1.807, 2.05) is 0 Å². The predicted molar refractivity (Wildman–Crippen MR) is 72.8 cm³/mol. The minimum atomic E-state index is -3.96. The highest BCUT2D eigenvalue weighted by Crippen LogP contribution is 2.35. The number of hydrogen-bond donors (Lipinski definition) is 2. The molecule has 9 heteroatoms. The van der Waals surface area contributed by atoms with Gasteiger partial charge in [-0.3, -0.25) is 0 Å². The quantitative estimate of drug-likeness (QED) is 0.868. The first kappa shape index (κ1) is 15.5. The van der Waals surface area contributed by atoms with Crippen molar-refractivity contribution in [3.05, 3.63) is 27.7 Å². The number of β-amino-alcohol motifs (C(OH)–C–C–N with tert-alkyl or cyclic N) is 1. The second kappa shape index (κ2) is 4.85. The largest absolute Gasteiger partial charge is 0.478 e. The molecule has 110 valence electrons. The zero-order valence-corrected chi connectivity index (χ0v) is 12.6. The molecular weight excluding hydrogens is 329 g/mol. The van der Waals surface area contributed by atoms with Crippen LogP contribution in [-0.2, 0) is 10.0 Å². The molecule has 2 N–H and O–H groups in total. The van der Waals surface area contributed by atoms with Crippen molar-refractivity contribution in [2.24, 2.45) is 0 Å². The zero-order chi connectivity index (χ0) is 15.3. The Hall–Kier alpha value is -0.860. The van der Waals surface area contributed by atoms with Crippen LogP contribution in [-0.4, -0.2) is 47.6 Å². The van der Waals surface area contributed by atoms with Gasteiger partial charge in [0.1, 0.15) is 4.90 Å². The van der Waals surface area contributed by atoms with Crippen LogP contribution in [0.25, 0.3) is 0 Å². The lowest BCUT2D eigenvalue weighted by Gasteiger charge is -2.42. The molecule has 1 heterocycles. The van der Waals surface area contributed by atoms with Gasteiger partial charge in [0.2, 0.25) is 10.0 Å². The Kier molecular flexibility index (Phi) is 3.77. The Morgan fingerprint density at radius 3 is 2.35 bits per heavy atom. The lowest BCUT2D eigenvalue weighted by molar-refractivity contribution is -0.0426. The monoisotopic (exact) mass is 339 g/mol. The number of aliphatic hydroxyl groups is 1. The summed E-state index contributed by atoms with van der Waals surface area (Å²) in [6.45, 7) is 1.36. The van der Waals surface area contributed by atoms with Crippen LogP contribution in [0.2, 0.25) is 10.0 Å². The molecule has 1 aliphatic rings. The SMILES string of the molecule is CC1(O)CN(S(=O)(=O)c2ccc(Cl)c(C(=O)O)c2Cl)C1. The summed E-state index contributed by atoms with van der Waals surface area (Å²) in [6.07, 6.45) is 0. The highest BCUT2D eigenvalue weighted by molar-refractivity contribution is 7.89. The summed E-state index contributed by atoms with van der Waals surface area (Å²) in [4.78, 5) is 10.7. The first-order valence-electron chi connectivity index (χ1n) is 5.50. The Morgan fingerprint density at radius 2 is 1.90 bits per heavy atom. The van der Waals surface area contributed by atoms with E-state index in [-0.39, 0.29) is 23.0 Å².